The molecule has 1 saturated carbocycles. The summed E-state index contributed by atoms with van der Waals surface area (Å²) in [6, 6.07) is -0.0615. The molecule has 0 bridgehead atoms. The third-order valence-corrected chi connectivity index (χ3v) is 4.03. The van der Waals surface area contributed by atoms with Crippen molar-refractivity contribution in [3.63, 3.8) is 0 Å². The summed E-state index contributed by atoms with van der Waals surface area (Å²) in [6.07, 6.45) is 2.18. The second-order valence-corrected chi connectivity index (χ2v) is 6.76. The lowest BCUT2D eigenvalue weighted by Crippen LogP contribution is -2.46. The lowest BCUT2D eigenvalue weighted by atomic mass is 10.1. The quantitative estimate of drug-likeness (QED) is 0.825. The largest absolute Gasteiger partial charge is 0.384 e. The zero-order valence-electron chi connectivity index (χ0n) is 12.3. The number of nitrogens with zero attached hydrogens (tertiary/aromatic N) is 1. The van der Waals surface area contributed by atoms with Gasteiger partial charge in [0.2, 0.25) is 11.8 Å². The summed E-state index contributed by atoms with van der Waals surface area (Å²) < 4.78 is 5.11. The van der Waals surface area contributed by atoms with Gasteiger partial charge in [-0.3, -0.25) is 9.59 Å². The first-order valence-electron chi connectivity index (χ1n) is 6.89. The molecule has 5 heteroatoms. The maximum atomic E-state index is 12.2. The van der Waals surface area contributed by atoms with Crippen LogP contribution in [0.3, 0.4) is 0 Å². The molecular weight excluding hydrogens is 244 g/mol. The number of hydrogen-bond donors (Lipinski definition) is 1. The highest BCUT2D eigenvalue weighted by atomic mass is 16.5. The van der Waals surface area contributed by atoms with E-state index in [9.17, 15) is 9.59 Å². The third kappa shape index (κ3) is 2.91. The van der Waals surface area contributed by atoms with Crippen LogP contribution in [0.5, 0.6) is 0 Å². The molecule has 1 heterocycles. The standard InChI is InChI=1S/C14H24N2O3/c1-13(2,3)16-8-10(7-11(16)17)15-12(18)14(5-6-14)9-19-4/h10H,5-9H2,1-4H3,(H,15,18). The number of likely N-dealkylation sites (tertiary alicyclic amines) is 1. The molecule has 5 nitrogen and oxygen atoms in total. The van der Waals surface area contributed by atoms with Gasteiger partial charge in [-0.1, -0.05) is 0 Å². The topological polar surface area (TPSA) is 58.6 Å². The van der Waals surface area contributed by atoms with Gasteiger partial charge in [0, 0.05) is 25.6 Å². The minimum Gasteiger partial charge on any atom is -0.384 e. The second kappa shape index (κ2) is 4.78. The Hall–Kier alpha value is -1.10. The van der Waals surface area contributed by atoms with Gasteiger partial charge < -0.3 is 15.0 Å². The Kier molecular flexibility index (Phi) is 3.60. The smallest absolute Gasteiger partial charge is 0.228 e. The summed E-state index contributed by atoms with van der Waals surface area (Å²) in [6.45, 7) is 7.13. The molecule has 1 unspecified atom stereocenters. The van der Waals surface area contributed by atoms with Gasteiger partial charge >= 0.3 is 0 Å². The van der Waals surface area contributed by atoms with Gasteiger partial charge in [0.1, 0.15) is 0 Å². The highest BCUT2D eigenvalue weighted by Gasteiger charge is 2.51. The van der Waals surface area contributed by atoms with Gasteiger partial charge in [-0.25, -0.2) is 0 Å². The summed E-state index contributed by atoms with van der Waals surface area (Å²) in [5.74, 6) is 0.164. The highest BCUT2D eigenvalue weighted by molar-refractivity contribution is 5.87. The van der Waals surface area contributed by atoms with Crippen LogP contribution in [-0.4, -0.2) is 48.6 Å². The van der Waals surface area contributed by atoms with Crippen LogP contribution in [-0.2, 0) is 14.3 Å². The van der Waals surface area contributed by atoms with E-state index in [1.54, 1.807) is 7.11 Å². The molecule has 1 atom stereocenters. The van der Waals surface area contributed by atoms with Crippen LogP contribution in [0.15, 0.2) is 0 Å². The molecular formula is C14H24N2O3. The lowest BCUT2D eigenvalue weighted by molar-refractivity contribution is -0.131. The summed E-state index contributed by atoms with van der Waals surface area (Å²) in [4.78, 5) is 26.0. The molecule has 0 aromatic heterocycles. The summed E-state index contributed by atoms with van der Waals surface area (Å²) >= 11 is 0. The lowest BCUT2D eigenvalue weighted by Gasteiger charge is -2.32. The normalized spacial score (nSPS) is 25.6. The number of amides is 2. The molecule has 108 valence electrons. The number of hydrogen-bond acceptors (Lipinski definition) is 3. The predicted octanol–water partition coefficient (Wildman–Crippen LogP) is 0.929. The molecule has 2 amide bonds. The summed E-state index contributed by atoms with van der Waals surface area (Å²) in [7, 11) is 1.62. The average molecular weight is 268 g/mol. The van der Waals surface area contributed by atoms with Gasteiger partial charge in [-0.15, -0.1) is 0 Å². The number of nitrogens with one attached hydrogen (secondary N) is 1. The number of methoxy groups -OCH3 is 1. The van der Waals surface area contributed by atoms with Crippen molar-refractivity contribution in [3.05, 3.63) is 0 Å². The van der Waals surface area contributed by atoms with Crippen molar-refractivity contribution in [1.82, 2.24) is 10.2 Å². The molecule has 0 aromatic rings. The van der Waals surface area contributed by atoms with Crippen LogP contribution in [0.4, 0.5) is 0 Å². The van der Waals surface area contributed by atoms with E-state index in [0.29, 0.717) is 19.6 Å². The number of carbonyl (C=O) groups excluding carboxylic acids is 2. The van der Waals surface area contributed by atoms with E-state index in [1.807, 2.05) is 25.7 Å². The van der Waals surface area contributed by atoms with Crippen LogP contribution in [0.25, 0.3) is 0 Å². The van der Waals surface area contributed by atoms with Crippen LogP contribution in [0, 0.1) is 5.41 Å². The Morgan fingerprint density at radius 2 is 2.11 bits per heavy atom. The summed E-state index contributed by atoms with van der Waals surface area (Å²) in [5, 5.41) is 3.02. The van der Waals surface area contributed by atoms with E-state index in [0.717, 1.165) is 12.8 Å². The predicted molar refractivity (Wildman–Crippen MR) is 71.6 cm³/mol. The maximum Gasteiger partial charge on any atom is 0.228 e. The Morgan fingerprint density at radius 1 is 1.47 bits per heavy atom. The molecule has 0 aromatic carbocycles. The van der Waals surface area contributed by atoms with Crippen LogP contribution in [0.1, 0.15) is 40.0 Å². The van der Waals surface area contributed by atoms with Gasteiger partial charge in [0.05, 0.1) is 18.1 Å². The molecule has 19 heavy (non-hydrogen) atoms. The molecule has 0 radical (unpaired) electrons. The molecule has 2 aliphatic rings. The Bertz CT molecular complexity index is 383. The van der Waals surface area contributed by atoms with Crippen molar-refractivity contribution in [1.29, 1.82) is 0 Å². The third-order valence-electron chi connectivity index (χ3n) is 4.03. The van der Waals surface area contributed by atoms with Crippen LogP contribution < -0.4 is 5.32 Å². The van der Waals surface area contributed by atoms with E-state index in [1.165, 1.54) is 0 Å². The van der Waals surface area contributed by atoms with Gasteiger partial charge in [0.15, 0.2) is 0 Å². The number of rotatable bonds is 4. The van der Waals surface area contributed by atoms with E-state index in [4.69, 9.17) is 4.74 Å². The van der Waals surface area contributed by atoms with E-state index < -0.39 is 0 Å². The SMILES string of the molecule is COCC1(C(=O)NC2CC(=O)N(C(C)(C)C)C2)CC1. The van der Waals surface area contributed by atoms with Gasteiger partial charge in [-0.05, 0) is 33.6 Å². The Labute approximate surface area is 114 Å². The minimum absolute atomic E-state index is 0.0444. The zero-order chi connectivity index (χ0) is 14.3. The van der Waals surface area contributed by atoms with Crippen molar-refractivity contribution in [2.24, 2.45) is 5.41 Å². The van der Waals surface area contributed by atoms with Crippen molar-refractivity contribution in [2.75, 3.05) is 20.3 Å². The fourth-order valence-electron chi connectivity index (χ4n) is 2.65. The molecule has 1 aliphatic heterocycles. The van der Waals surface area contributed by atoms with E-state index in [2.05, 4.69) is 5.32 Å². The fourth-order valence-corrected chi connectivity index (χ4v) is 2.65. The van der Waals surface area contributed by atoms with Crippen molar-refractivity contribution in [2.45, 2.75) is 51.6 Å². The zero-order valence-corrected chi connectivity index (χ0v) is 12.3. The molecule has 1 N–H and O–H groups in total. The Balaban J connectivity index is 1.92. The average Bonchev–Trinajstić information content (AvgIpc) is 2.96. The monoisotopic (exact) mass is 268 g/mol. The number of ether oxygens (including phenoxy) is 1. The summed E-state index contributed by atoms with van der Waals surface area (Å²) in [5.41, 5.74) is -0.507. The first kappa shape index (κ1) is 14.3. The molecule has 2 rings (SSSR count). The molecule has 1 aliphatic carbocycles. The minimum atomic E-state index is -0.326. The van der Waals surface area contributed by atoms with Crippen molar-refractivity contribution < 1.29 is 14.3 Å². The first-order valence-corrected chi connectivity index (χ1v) is 6.89. The highest BCUT2D eigenvalue weighted by Crippen LogP contribution is 2.46. The van der Waals surface area contributed by atoms with Gasteiger partial charge in [0.25, 0.3) is 0 Å². The van der Waals surface area contributed by atoms with Gasteiger partial charge in [-0.2, -0.15) is 0 Å². The molecule has 2 fully saturated rings. The number of carbonyl (C=O) groups is 2. The first-order chi connectivity index (χ1) is 8.78. The van der Waals surface area contributed by atoms with E-state index >= 15 is 0 Å². The van der Waals surface area contributed by atoms with Crippen molar-refractivity contribution >= 4 is 11.8 Å². The van der Waals surface area contributed by atoms with E-state index in [-0.39, 0.29) is 28.8 Å². The molecule has 0 spiro atoms. The fraction of sp³-hybridized carbons (Fsp3) is 0.857. The Morgan fingerprint density at radius 3 is 2.53 bits per heavy atom. The maximum absolute atomic E-state index is 12.2. The molecule has 1 saturated heterocycles. The van der Waals surface area contributed by atoms with Crippen LogP contribution >= 0.6 is 0 Å². The van der Waals surface area contributed by atoms with Crippen LogP contribution in [0.2, 0.25) is 0 Å². The van der Waals surface area contributed by atoms with Crippen molar-refractivity contribution in [3.8, 4) is 0 Å². The second-order valence-electron chi connectivity index (χ2n) is 6.76.